The summed E-state index contributed by atoms with van der Waals surface area (Å²) in [6, 6.07) is 2.15. The molecule has 1 aromatic heterocycles. The van der Waals surface area contributed by atoms with Gasteiger partial charge in [0.05, 0.1) is 13.5 Å². The summed E-state index contributed by atoms with van der Waals surface area (Å²) in [6.07, 6.45) is 5.02. The Morgan fingerprint density at radius 3 is 2.89 bits per heavy atom. The average Bonchev–Trinajstić information content (AvgIpc) is 2.90. The minimum absolute atomic E-state index is 0.116. The number of carbonyl (C=O) groups excluding carboxylic acids is 1. The van der Waals surface area contributed by atoms with Crippen molar-refractivity contribution in [2.45, 2.75) is 19.3 Å². The maximum absolute atomic E-state index is 11.1. The van der Waals surface area contributed by atoms with Gasteiger partial charge in [-0.1, -0.05) is 11.6 Å². The lowest BCUT2D eigenvalue weighted by atomic mass is 10.0. The molecule has 0 aliphatic carbocycles. The summed E-state index contributed by atoms with van der Waals surface area (Å²) in [7, 11) is 1.44. The standard InChI is InChI=1S/C14H19NO2S/c1-17-14(16)4-8-15-6-2-12(3-7-15)10-13-5-9-18-11-13/h5,9-11H,2-4,6-8H2,1H3. The van der Waals surface area contributed by atoms with Gasteiger partial charge in [0.1, 0.15) is 0 Å². The van der Waals surface area contributed by atoms with Crippen LogP contribution in [0.4, 0.5) is 0 Å². The predicted molar refractivity (Wildman–Crippen MR) is 74.6 cm³/mol. The lowest BCUT2D eigenvalue weighted by Crippen LogP contribution is -2.32. The minimum Gasteiger partial charge on any atom is -0.469 e. The Balaban J connectivity index is 1.76. The minimum atomic E-state index is -0.116. The van der Waals surface area contributed by atoms with E-state index < -0.39 is 0 Å². The highest BCUT2D eigenvalue weighted by Crippen LogP contribution is 2.20. The van der Waals surface area contributed by atoms with Crippen molar-refractivity contribution in [2.75, 3.05) is 26.7 Å². The van der Waals surface area contributed by atoms with Gasteiger partial charge in [-0.3, -0.25) is 4.79 Å². The van der Waals surface area contributed by atoms with E-state index in [-0.39, 0.29) is 5.97 Å². The van der Waals surface area contributed by atoms with Gasteiger partial charge >= 0.3 is 5.97 Å². The molecule has 1 aliphatic heterocycles. The molecule has 2 rings (SSSR count). The quantitative estimate of drug-likeness (QED) is 0.784. The van der Waals surface area contributed by atoms with Crippen molar-refractivity contribution in [3.8, 4) is 0 Å². The first kappa shape index (κ1) is 13.3. The van der Waals surface area contributed by atoms with Crippen LogP contribution in [-0.2, 0) is 9.53 Å². The third kappa shape index (κ3) is 3.96. The van der Waals surface area contributed by atoms with Crippen LogP contribution < -0.4 is 0 Å². The van der Waals surface area contributed by atoms with Crippen molar-refractivity contribution >= 4 is 23.4 Å². The zero-order chi connectivity index (χ0) is 12.8. The van der Waals surface area contributed by atoms with Crippen LogP contribution in [0.3, 0.4) is 0 Å². The van der Waals surface area contributed by atoms with Crippen molar-refractivity contribution in [3.63, 3.8) is 0 Å². The smallest absolute Gasteiger partial charge is 0.306 e. The number of nitrogens with zero attached hydrogens (tertiary/aromatic N) is 1. The molecule has 0 radical (unpaired) electrons. The zero-order valence-corrected chi connectivity index (χ0v) is 11.5. The molecule has 1 aliphatic rings. The molecule has 0 amide bonds. The molecule has 0 saturated carbocycles. The predicted octanol–water partition coefficient (Wildman–Crippen LogP) is 2.79. The van der Waals surface area contributed by atoms with Gasteiger partial charge in [0.2, 0.25) is 0 Å². The highest BCUT2D eigenvalue weighted by Gasteiger charge is 2.14. The third-order valence-electron chi connectivity index (χ3n) is 3.27. The van der Waals surface area contributed by atoms with Gasteiger partial charge in [-0.15, -0.1) is 0 Å². The summed E-state index contributed by atoms with van der Waals surface area (Å²) < 4.78 is 4.66. The van der Waals surface area contributed by atoms with Crippen LogP contribution in [0.25, 0.3) is 6.08 Å². The highest BCUT2D eigenvalue weighted by molar-refractivity contribution is 7.08. The molecule has 0 aromatic carbocycles. The van der Waals surface area contributed by atoms with E-state index in [2.05, 4.69) is 32.5 Å². The van der Waals surface area contributed by atoms with E-state index in [0.717, 1.165) is 32.5 Å². The second-order valence-electron chi connectivity index (χ2n) is 4.53. The van der Waals surface area contributed by atoms with E-state index in [4.69, 9.17) is 0 Å². The van der Waals surface area contributed by atoms with Crippen molar-refractivity contribution in [1.82, 2.24) is 4.90 Å². The summed E-state index contributed by atoms with van der Waals surface area (Å²) in [5, 5.41) is 4.29. The van der Waals surface area contributed by atoms with Crippen LogP contribution in [-0.4, -0.2) is 37.6 Å². The third-order valence-corrected chi connectivity index (χ3v) is 3.97. The van der Waals surface area contributed by atoms with E-state index in [0.29, 0.717) is 6.42 Å². The first-order chi connectivity index (χ1) is 8.78. The number of thiophene rings is 1. The van der Waals surface area contributed by atoms with Gasteiger partial charge in [-0.2, -0.15) is 11.3 Å². The Labute approximate surface area is 112 Å². The maximum atomic E-state index is 11.1. The lowest BCUT2D eigenvalue weighted by molar-refractivity contribution is -0.141. The largest absolute Gasteiger partial charge is 0.469 e. The van der Waals surface area contributed by atoms with Gasteiger partial charge in [-0.05, 0) is 35.2 Å². The number of ether oxygens (including phenoxy) is 1. The molecule has 1 fully saturated rings. The zero-order valence-electron chi connectivity index (χ0n) is 10.7. The van der Waals surface area contributed by atoms with Crippen molar-refractivity contribution in [2.24, 2.45) is 0 Å². The number of hydrogen-bond acceptors (Lipinski definition) is 4. The molecule has 98 valence electrons. The van der Waals surface area contributed by atoms with E-state index >= 15 is 0 Å². The highest BCUT2D eigenvalue weighted by atomic mass is 32.1. The first-order valence-corrected chi connectivity index (χ1v) is 7.23. The van der Waals surface area contributed by atoms with Crippen LogP contribution in [0.1, 0.15) is 24.8 Å². The summed E-state index contributed by atoms with van der Waals surface area (Å²) in [5.41, 5.74) is 2.83. The molecule has 0 unspecified atom stereocenters. The number of hydrogen-bond donors (Lipinski definition) is 0. The number of methoxy groups -OCH3 is 1. The molecule has 0 bridgehead atoms. The Morgan fingerprint density at radius 2 is 2.28 bits per heavy atom. The van der Waals surface area contributed by atoms with E-state index in [9.17, 15) is 4.79 Å². The van der Waals surface area contributed by atoms with Crippen LogP contribution in [0.15, 0.2) is 22.4 Å². The normalized spacial score (nSPS) is 16.6. The lowest BCUT2D eigenvalue weighted by Gasteiger charge is -2.27. The molecule has 3 nitrogen and oxygen atoms in total. The monoisotopic (exact) mass is 265 g/mol. The average molecular weight is 265 g/mol. The number of piperidine rings is 1. The molecule has 1 aromatic rings. The van der Waals surface area contributed by atoms with E-state index in [1.54, 1.807) is 11.3 Å². The van der Waals surface area contributed by atoms with Gasteiger partial charge in [0.25, 0.3) is 0 Å². The fourth-order valence-corrected chi connectivity index (χ4v) is 2.77. The van der Waals surface area contributed by atoms with Crippen LogP contribution in [0.5, 0.6) is 0 Å². The molecule has 18 heavy (non-hydrogen) atoms. The maximum Gasteiger partial charge on any atom is 0.306 e. The van der Waals surface area contributed by atoms with Gasteiger partial charge < -0.3 is 9.64 Å². The second kappa shape index (κ2) is 6.71. The molecular weight excluding hydrogens is 246 g/mol. The molecular formula is C14H19NO2S. The van der Waals surface area contributed by atoms with Crippen LogP contribution >= 0.6 is 11.3 Å². The van der Waals surface area contributed by atoms with E-state index in [1.165, 1.54) is 18.2 Å². The molecule has 2 heterocycles. The fraction of sp³-hybridized carbons (Fsp3) is 0.500. The molecule has 0 atom stereocenters. The molecule has 1 saturated heterocycles. The van der Waals surface area contributed by atoms with Crippen molar-refractivity contribution < 1.29 is 9.53 Å². The Morgan fingerprint density at radius 1 is 1.50 bits per heavy atom. The van der Waals surface area contributed by atoms with Gasteiger partial charge in [0.15, 0.2) is 0 Å². The Bertz CT molecular complexity index is 401. The van der Waals surface area contributed by atoms with Gasteiger partial charge in [-0.25, -0.2) is 0 Å². The van der Waals surface area contributed by atoms with Gasteiger partial charge in [0, 0.05) is 19.6 Å². The first-order valence-electron chi connectivity index (χ1n) is 6.29. The summed E-state index contributed by atoms with van der Waals surface area (Å²) in [6.45, 7) is 2.92. The Kier molecular flexibility index (Phi) is 4.96. The van der Waals surface area contributed by atoms with Crippen LogP contribution in [0, 0.1) is 0 Å². The number of esters is 1. The SMILES string of the molecule is COC(=O)CCN1CCC(=Cc2ccsc2)CC1. The number of carbonyl (C=O) groups is 1. The van der Waals surface area contributed by atoms with Crippen LogP contribution in [0.2, 0.25) is 0 Å². The summed E-state index contributed by atoms with van der Waals surface area (Å²) in [4.78, 5) is 13.4. The fourth-order valence-electron chi connectivity index (χ4n) is 2.15. The van der Waals surface area contributed by atoms with Crippen molar-refractivity contribution in [1.29, 1.82) is 0 Å². The summed E-state index contributed by atoms with van der Waals surface area (Å²) in [5.74, 6) is -0.116. The number of rotatable bonds is 4. The topological polar surface area (TPSA) is 29.5 Å². The summed E-state index contributed by atoms with van der Waals surface area (Å²) >= 11 is 1.74. The van der Waals surface area contributed by atoms with Crippen molar-refractivity contribution in [3.05, 3.63) is 28.0 Å². The molecule has 0 N–H and O–H groups in total. The Hall–Kier alpha value is -1.13. The molecule has 0 spiro atoms. The second-order valence-corrected chi connectivity index (χ2v) is 5.31. The van der Waals surface area contributed by atoms with E-state index in [1.807, 2.05) is 0 Å². The molecule has 4 heteroatoms. The number of likely N-dealkylation sites (tertiary alicyclic amines) is 1.